The molecule has 0 spiro atoms. The average Bonchev–Trinajstić information content (AvgIpc) is 3.53. The second-order valence-corrected chi connectivity index (χ2v) is 9.58. The lowest BCUT2D eigenvalue weighted by Crippen LogP contribution is -2.38. The van der Waals surface area contributed by atoms with E-state index >= 15 is 0 Å². The van der Waals surface area contributed by atoms with Gasteiger partial charge in [0, 0.05) is 6.42 Å². The van der Waals surface area contributed by atoms with Crippen LogP contribution in [0.4, 0.5) is 5.13 Å². The van der Waals surface area contributed by atoms with Gasteiger partial charge in [-0.1, -0.05) is 30.4 Å². The minimum absolute atomic E-state index is 0.0880. The Kier molecular flexibility index (Phi) is 5.00. The quantitative estimate of drug-likeness (QED) is 0.523. The van der Waals surface area contributed by atoms with Gasteiger partial charge in [-0.25, -0.2) is 0 Å². The van der Waals surface area contributed by atoms with Gasteiger partial charge in [-0.2, -0.15) is 0 Å². The van der Waals surface area contributed by atoms with Crippen LogP contribution in [0.5, 0.6) is 0 Å². The van der Waals surface area contributed by atoms with Gasteiger partial charge in [-0.3, -0.25) is 19.3 Å². The van der Waals surface area contributed by atoms with E-state index in [4.69, 9.17) is 4.42 Å². The largest absolute Gasteiger partial charge is 0.464 e. The molecule has 5 atom stereocenters. The number of anilines is 1. The van der Waals surface area contributed by atoms with Crippen LogP contribution >= 0.6 is 11.3 Å². The summed E-state index contributed by atoms with van der Waals surface area (Å²) in [6, 6.07) is 2.74. The van der Waals surface area contributed by atoms with Gasteiger partial charge in [-0.15, -0.1) is 10.2 Å². The van der Waals surface area contributed by atoms with E-state index in [-0.39, 0.29) is 47.8 Å². The smallest absolute Gasteiger partial charge is 0.234 e. The summed E-state index contributed by atoms with van der Waals surface area (Å²) in [6.07, 6.45) is 6.64. The van der Waals surface area contributed by atoms with E-state index in [9.17, 15) is 14.4 Å². The number of likely N-dealkylation sites (tertiary alicyclic amines) is 1. The number of aryl methyl sites for hydroxylation is 2. The molecule has 9 heteroatoms. The van der Waals surface area contributed by atoms with Crippen molar-refractivity contribution in [2.75, 3.05) is 5.32 Å². The summed E-state index contributed by atoms with van der Waals surface area (Å²) >= 11 is 1.34. The van der Waals surface area contributed by atoms with E-state index in [0.29, 0.717) is 16.7 Å². The molecule has 2 fully saturated rings. The van der Waals surface area contributed by atoms with E-state index in [2.05, 4.69) is 34.6 Å². The summed E-state index contributed by atoms with van der Waals surface area (Å²) in [7, 11) is 0. The molecule has 5 rings (SSSR count). The van der Waals surface area contributed by atoms with E-state index in [1.54, 1.807) is 19.1 Å². The molecule has 2 bridgehead atoms. The van der Waals surface area contributed by atoms with Gasteiger partial charge < -0.3 is 9.73 Å². The number of carbonyl (C=O) groups is 3. The van der Waals surface area contributed by atoms with Gasteiger partial charge >= 0.3 is 0 Å². The van der Waals surface area contributed by atoms with Crippen molar-refractivity contribution in [3.63, 3.8) is 0 Å². The normalized spacial score (nSPS) is 27.2. The lowest BCUT2D eigenvalue weighted by Gasteiger charge is -2.26. The number of allylic oxidation sites excluding steroid dienone is 2. The number of hydrogen-bond acceptors (Lipinski definition) is 7. The molecule has 1 saturated carbocycles. The highest BCUT2D eigenvalue weighted by Gasteiger charge is 2.60. The van der Waals surface area contributed by atoms with Crippen molar-refractivity contribution < 1.29 is 18.8 Å². The van der Waals surface area contributed by atoms with Gasteiger partial charge in [0.05, 0.1) is 18.3 Å². The zero-order valence-electron chi connectivity index (χ0n) is 17.4. The van der Waals surface area contributed by atoms with Gasteiger partial charge in [0.2, 0.25) is 22.9 Å². The van der Waals surface area contributed by atoms with Gasteiger partial charge in [0.15, 0.2) is 0 Å². The van der Waals surface area contributed by atoms with Crippen LogP contribution in [0.3, 0.4) is 0 Å². The van der Waals surface area contributed by atoms with Crippen LogP contribution < -0.4 is 5.32 Å². The summed E-state index contributed by atoms with van der Waals surface area (Å²) < 4.78 is 5.77. The monoisotopic (exact) mass is 440 g/mol. The molecule has 2 aromatic rings. The summed E-state index contributed by atoms with van der Waals surface area (Å²) in [5, 5.41) is 12.1. The number of nitrogens with zero attached hydrogens (tertiary/aromatic N) is 3. The zero-order valence-corrected chi connectivity index (χ0v) is 18.2. The Hall–Kier alpha value is -2.81. The maximum absolute atomic E-state index is 13.3. The molecule has 162 valence electrons. The minimum atomic E-state index is -0.776. The first-order valence-electron chi connectivity index (χ1n) is 10.7. The first-order valence-corrected chi connectivity index (χ1v) is 11.5. The molecule has 8 nitrogen and oxygen atoms in total. The van der Waals surface area contributed by atoms with E-state index in [1.807, 2.05) is 0 Å². The van der Waals surface area contributed by atoms with Crippen LogP contribution in [-0.2, 0) is 20.8 Å². The number of aromatic nitrogens is 2. The lowest BCUT2D eigenvalue weighted by molar-refractivity contribution is -0.144. The van der Waals surface area contributed by atoms with Crippen molar-refractivity contribution >= 4 is 34.2 Å². The minimum Gasteiger partial charge on any atom is -0.464 e. The third-order valence-corrected chi connectivity index (χ3v) is 7.36. The van der Waals surface area contributed by atoms with Crippen molar-refractivity contribution in [2.45, 2.75) is 45.6 Å². The van der Waals surface area contributed by atoms with Crippen LogP contribution in [0.15, 0.2) is 28.7 Å². The van der Waals surface area contributed by atoms with Crippen molar-refractivity contribution in [1.82, 2.24) is 15.1 Å². The molecule has 1 saturated heterocycles. The molecule has 2 aromatic heterocycles. The molecule has 0 radical (unpaired) electrons. The Balaban J connectivity index is 1.38. The molecular weight excluding hydrogens is 416 g/mol. The second kappa shape index (κ2) is 7.71. The predicted octanol–water partition coefficient (Wildman–Crippen LogP) is 3.27. The SMILES string of the molecule is CCCc1nnc(NC(=O)CC(c2ccc(C)o2)N2C(=O)C3C4C=CC(C4)C3C2=O)s1. The number of rotatable bonds is 7. The second-order valence-electron chi connectivity index (χ2n) is 8.51. The Labute approximate surface area is 183 Å². The third kappa shape index (κ3) is 3.40. The summed E-state index contributed by atoms with van der Waals surface area (Å²) in [4.78, 5) is 40.7. The van der Waals surface area contributed by atoms with Gasteiger partial charge in [0.1, 0.15) is 22.6 Å². The molecular formula is C22H24N4O4S. The number of nitrogens with one attached hydrogen (secondary N) is 1. The third-order valence-electron chi connectivity index (χ3n) is 6.46. The van der Waals surface area contributed by atoms with Crippen LogP contribution in [0.25, 0.3) is 0 Å². The number of furan rings is 1. The van der Waals surface area contributed by atoms with E-state index in [0.717, 1.165) is 24.3 Å². The first-order chi connectivity index (χ1) is 15.0. The molecule has 31 heavy (non-hydrogen) atoms. The Morgan fingerprint density at radius 1 is 1.23 bits per heavy atom. The van der Waals surface area contributed by atoms with E-state index < -0.39 is 6.04 Å². The van der Waals surface area contributed by atoms with Gasteiger partial charge in [0.25, 0.3) is 0 Å². The molecule has 5 unspecified atom stereocenters. The molecule has 0 aromatic carbocycles. The van der Waals surface area contributed by atoms with Crippen LogP contribution in [0, 0.1) is 30.6 Å². The number of fused-ring (bicyclic) bond motifs is 5. The van der Waals surface area contributed by atoms with Gasteiger partial charge in [-0.05, 0) is 43.7 Å². The number of hydrogen-bond donors (Lipinski definition) is 1. The summed E-state index contributed by atoms with van der Waals surface area (Å²) in [5.74, 6) is -0.0249. The number of carbonyl (C=O) groups excluding carboxylic acids is 3. The molecule has 3 heterocycles. The highest BCUT2D eigenvalue weighted by molar-refractivity contribution is 7.15. The van der Waals surface area contributed by atoms with Crippen molar-refractivity contribution in [3.8, 4) is 0 Å². The molecule has 1 aliphatic heterocycles. The highest BCUT2D eigenvalue weighted by atomic mass is 32.1. The first kappa shape index (κ1) is 20.1. The number of amides is 3. The predicted molar refractivity (Wildman–Crippen MR) is 113 cm³/mol. The fourth-order valence-electron chi connectivity index (χ4n) is 5.15. The van der Waals surface area contributed by atoms with Crippen LogP contribution in [0.2, 0.25) is 0 Å². The fourth-order valence-corrected chi connectivity index (χ4v) is 6.01. The fraction of sp³-hybridized carbons (Fsp3) is 0.500. The van der Waals surface area contributed by atoms with Crippen molar-refractivity contribution in [1.29, 1.82) is 0 Å². The maximum Gasteiger partial charge on any atom is 0.234 e. The highest BCUT2D eigenvalue weighted by Crippen LogP contribution is 2.54. The zero-order chi connectivity index (χ0) is 21.7. The molecule has 3 amide bonds. The average molecular weight is 441 g/mol. The Morgan fingerprint density at radius 3 is 2.55 bits per heavy atom. The molecule has 1 N–H and O–H groups in total. The van der Waals surface area contributed by atoms with Crippen molar-refractivity contribution in [3.05, 3.63) is 40.8 Å². The molecule has 3 aliphatic rings. The number of imide groups is 1. The van der Waals surface area contributed by atoms with E-state index in [1.165, 1.54) is 16.2 Å². The van der Waals surface area contributed by atoms with Crippen LogP contribution in [-0.4, -0.2) is 32.8 Å². The Morgan fingerprint density at radius 2 is 1.94 bits per heavy atom. The maximum atomic E-state index is 13.3. The molecule has 2 aliphatic carbocycles. The van der Waals surface area contributed by atoms with Crippen molar-refractivity contribution in [2.24, 2.45) is 23.7 Å². The summed E-state index contributed by atoms with van der Waals surface area (Å²) in [6.45, 7) is 3.85. The Bertz CT molecular complexity index is 1040. The topological polar surface area (TPSA) is 105 Å². The van der Waals surface area contributed by atoms with Crippen LogP contribution in [0.1, 0.15) is 48.8 Å². The standard InChI is InChI=1S/C22H24N4O4S/c1-3-4-17-24-25-22(31-17)23-16(27)10-14(15-8-5-11(2)30-15)26-20(28)18-12-6-7-13(9-12)19(18)21(26)29/h5-8,12-14,18-19H,3-4,9-10H2,1-2H3,(H,23,25,27). The lowest BCUT2D eigenvalue weighted by atomic mass is 9.85. The summed E-state index contributed by atoms with van der Waals surface area (Å²) in [5.41, 5.74) is 0.